The Bertz CT molecular complexity index is 544. The van der Waals surface area contributed by atoms with Crippen LogP contribution in [0.3, 0.4) is 0 Å². The number of nitro benzene ring substituents is 1. The third kappa shape index (κ3) is 2.53. The van der Waals surface area contributed by atoms with Crippen molar-refractivity contribution in [3.63, 3.8) is 0 Å². The summed E-state index contributed by atoms with van der Waals surface area (Å²) in [6, 6.07) is 6.73. The summed E-state index contributed by atoms with van der Waals surface area (Å²) in [5.74, 6) is 1.29. The number of hydrogen-bond acceptors (Lipinski definition) is 3. The molecule has 2 bridgehead atoms. The molecule has 2 aliphatic carbocycles. The van der Waals surface area contributed by atoms with E-state index in [2.05, 4.69) is 5.32 Å². The summed E-state index contributed by atoms with van der Waals surface area (Å²) in [7, 11) is 0. The lowest BCUT2D eigenvalue weighted by molar-refractivity contribution is -0.385. The van der Waals surface area contributed by atoms with Gasteiger partial charge in [-0.2, -0.15) is 0 Å². The minimum Gasteiger partial charge on any atom is -0.353 e. The van der Waals surface area contributed by atoms with Gasteiger partial charge < -0.3 is 5.32 Å². The maximum Gasteiger partial charge on any atom is 0.273 e. The molecule has 2 aliphatic rings. The van der Waals surface area contributed by atoms with Crippen molar-refractivity contribution in [2.75, 3.05) is 0 Å². The van der Waals surface area contributed by atoms with Gasteiger partial charge in [0.05, 0.1) is 11.3 Å². The molecule has 3 atom stereocenters. The molecule has 0 aliphatic heterocycles. The van der Waals surface area contributed by atoms with Crippen molar-refractivity contribution < 1.29 is 9.72 Å². The molecule has 0 spiro atoms. The number of fused-ring (bicyclic) bond motifs is 2. The molecule has 5 heteroatoms. The van der Waals surface area contributed by atoms with Crippen molar-refractivity contribution in [3.8, 4) is 0 Å². The molecule has 5 nitrogen and oxygen atoms in total. The van der Waals surface area contributed by atoms with Gasteiger partial charge in [-0.25, -0.2) is 0 Å². The third-order valence-corrected chi connectivity index (χ3v) is 4.62. The van der Waals surface area contributed by atoms with Gasteiger partial charge in [0.15, 0.2) is 0 Å². The second kappa shape index (κ2) is 5.23. The molecule has 1 aromatic rings. The van der Waals surface area contributed by atoms with Gasteiger partial charge in [0.2, 0.25) is 5.91 Å². The highest BCUT2D eigenvalue weighted by Gasteiger charge is 2.40. The Kier molecular flexibility index (Phi) is 3.42. The van der Waals surface area contributed by atoms with Crippen LogP contribution in [0.1, 0.15) is 31.2 Å². The van der Waals surface area contributed by atoms with Crippen LogP contribution in [0.5, 0.6) is 0 Å². The van der Waals surface area contributed by atoms with E-state index in [4.69, 9.17) is 0 Å². The zero-order valence-corrected chi connectivity index (χ0v) is 11.2. The molecule has 3 rings (SSSR count). The maximum absolute atomic E-state index is 12.1. The van der Waals surface area contributed by atoms with Crippen LogP contribution in [0.25, 0.3) is 0 Å². The Labute approximate surface area is 117 Å². The predicted molar refractivity (Wildman–Crippen MR) is 74.2 cm³/mol. The number of nitro groups is 1. The lowest BCUT2D eigenvalue weighted by Crippen LogP contribution is -2.39. The summed E-state index contributed by atoms with van der Waals surface area (Å²) in [6.07, 6.45) is 4.90. The van der Waals surface area contributed by atoms with Crippen molar-refractivity contribution in [2.24, 2.45) is 11.8 Å². The minimum atomic E-state index is -0.430. The molecule has 0 heterocycles. The van der Waals surface area contributed by atoms with E-state index in [1.54, 1.807) is 18.2 Å². The van der Waals surface area contributed by atoms with E-state index in [1.165, 1.54) is 25.3 Å². The number of para-hydroxylation sites is 1. The first-order valence-corrected chi connectivity index (χ1v) is 7.15. The van der Waals surface area contributed by atoms with Crippen LogP contribution >= 0.6 is 0 Å². The van der Waals surface area contributed by atoms with Crippen LogP contribution in [-0.2, 0) is 11.2 Å². The molecule has 1 aromatic carbocycles. The third-order valence-electron chi connectivity index (χ3n) is 4.62. The average Bonchev–Trinajstić information content (AvgIpc) is 3.01. The molecule has 0 aromatic heterocycles. The number of carbonyl (C=O) groups is 1. The van der Waals surface area contributed by atoms with Gasteiger partial charge in [-0.1, -0.05) is 24.6 Å². The van der Waals surface area contributed by atoms with Crippen LogP contribution in [0.2, 0.25) is 0 Å². The number of benzene rings is 1. The quantitative estimate of drug-likeness (QED) is 0.677. The second-order valence-corrected chi connectivity index (χ2v) is 5.91. The number of nitrogens with zero attached hydrogens (tertiary/aromatic N) is 1. The van der Waals surface area contributed by atoms with Crippen molar-refractivity contribution in [2.45, 2.75) is 38.1 Å². The monoisotopic (exact) mass is 274 g/mol. The highest BCUT2D eigenvalue weighted by Crippen LogP contribution is 2.44. The zero-order chi connectivity index (χ0) is 14.1. The first-order chi connectivity index (χ1) is 9.63. The number of amides is 1. The Morgan fingerprint density at radius 3 is 2.75 bits per heavy atom. The van der Waals surface area contributed by atoms with E-state index >= 15 is 0 Å². The molecule has 20 heavy (non-hydrogen) atoms. The lowest BCUT2D eigenvalue weighted by atomic mass is 9.95. The number of hydrogen-bond donors (Lipinski definition) is 1. The Morgan fingerprint density at radius 2 is 2.10 bits per heavy atom. The Hall–Kier alpha value is -1.91. The van der Waals surface area contributed by atoms with Gasteiger partial charge in [0, 0.05) is 17.7 Å². The van der Waals surface area contributed by atoms with Crippen molar-refractivity contribution in [1.29, 1.82) is 0 Å². The normalized spacial score (nSPS) is 27.5. The van der Waals surface area contributed by atoms with Crippen LogP contribution in [-0.4, -0.2) is 16.9 Å². The van der Waals surface area contributed by atoms with Gasteiger partial charge in [-0.05, 0) is 31.1 Å². The largest absolute Gasteiger partial charge is 0.353 e. The smallest absolute Gasteiger partial charge is 0.273 e. The highest BCUT2D eigenvalue weighted by atomic mass is 16.6. The fraction of sp³-hybridized carbons (Fsp3) is 0.533. The molecular weight excluding hydrogens is 256 g/mol. The molecule has 0 unspecified atom stereocenters. The average molecular weight is 274 g/mol. The van der Waals surface area contributed by atoms with Crippen LogP contribution in [0.15, 0.2) is 24.3 Å². The summed E-state index contributed by atoms with van der Waals surface area (Å²) in [4.78, 5) is 22.6. The fourth-order valence-electron chi connectivity index (χ4n) is 3.69. The standard InChI is InChI=1S/C15H18N2O3/c18-15(16-13-8-10-5-6-11(13)7-10)9-12-3-1-2-4-14(12)17(19)20/h1-4,10-11,13H,5-9H2,(H,16,18)/t10-,11-,13+/m1/s1. The number of carbonyl (C=O) groups excluding carboxylic acids is 1. The fourth-order valence-corrected chi connectivity index (χ4v) is 3.69. The Morgan fingerprint density at radius 1 is 1.30 bits per heavy atom. The molecule has 106 valence electrons. The van der Waals surface area contributed by atoms with Crippen LogP contribution in [0, 0.1) is 22.0 Å². The zero-order valence-electron chi connectivity index (χ0n) is 11.2. The molecule has 1 N–H and O–H groups in total. The van der Waals surface area contributed by atoms with Crippen molar-refractivity contribution in [1.82, 2.24) is 5.32 Å². The van der Waals surface area contributed by atoms with E-state index in [-0.39, 0.29) is 24.1 Å². The molecule has 0 saturated heterocycles. The molecule has 1 amide bonds. The van der Waals surface area contributed by atoms with Gasteiger partial charge in [-0.15, -0.1) is 0 Å². The maximum atomic E-state index is 12.1. The summed E-state index contributed by atoms with van der Waals surface area (Å²) in [5, 5.41) is 14.0. The van der Waals surface area contributed by atoms with Gasteiger partial charge in [0.1, 0.15) is 0 Å². The highest BCUT2D eigenvalue weighted by molar-refractivity contribution is 5.80. The van der Waals surface area contributed by atoms with E-state index in [9.17, 15) is 14.9 Å². The first kappa shape index (κ1) is 13.1. The predicted octanol–water partition coefficient (Wildman–Crippen LogP) is 2.44. The minimum absolute atomic E-state index is 0.0237. The number of rotatable bonds is 4. The summed E-state index contributed by atoms with van der Waals surface area (Å²) < 4.78 is 0. The van der Waals surface area contributed by atoms with E-state index in [0.29, 0.717) is 11.5 Å². The lowest BCUT2D eigenvalue weighted by Gasteiger charge is -2.22. The van der Waals surface area contributed by atoms with E-state index < -0.39 is 4.92 Å². The van der Waals surface area contributed by atoms with Gasteiger partial charge >= 0.3 is 0 Å². The van der Waals surface area contributed by atoms with Crippen LogP contribution < -0.4 is 5.32 Å². The molecule has 0 radical (unpaired) electrons. The molecular formula is C15H18N2O3. The van der Waals surface area contributed by atoms with Crippen LogP contribution in [0.4, 0.5) is 5.69 Å². The van der Waals surface area contributed by atoms with E-state index in [1.807, 2.05) is 0 Å². The SMILES string of the molecule is O=C(Cc1ccccc1[N+](=O)[O-])N[C@H]1C[C@@H]2CC[C@@H]1C2. The van der Waals surface area contributed by atoms with Crippen molar-refractivity contribution >= 4 is 11.6 Å². The summed E-state index contributed by atoms with van der Waals surface area (Å²) in [6.45, 7) is 0. The van der Waals surface area contributed by atoms with Crippen molar-refractivity contribution in [3.05, 3.63) is 39.9 Å². The van der Waals surface area contributed by atoms with E-state index in [0.717, 1.165) is 12.3 Å². The summed E-state index contributed by atoms with van der Waals surface area (Å²) >= 11 is 0. The molecule has 2 fully saturated rings. The summed E-state index contributed by atoms with van der Waals surface area (Å²) in [5.41, 5.74) is 0.508. The van der Waals surface area contributed by atoms with Gasteiger partial charge in [-0.3, -0.25) is 14.9 Å². The topological polar surface area (TPSA) is 72.2 Å². The first-order valence-electron chi connectivity index (χ1n) is 7.15. The number of nitrogens with one attached hydrogen (secondary N) is 1. The Balaban J connectivity index is 1.63. The second-order valence-electron chi connectivity index (χ2n) is 5.91. The van der Waals surface area contributed by atoms with Gasteiger partial charge in [0.25, 0.3) is 5.69 Å². The molecule has 2 saturated carbocycles.